The number of nitrogens with zero attached hydrogens (tertiary/aromatic N) is 2. The fourth-order valence-corrected chi connectivity index (χ4v) is 4.35. The van der Waals surface area contributed by atoms with Crippen molar-refractivity contribution >= 4 is 5.69 Å². The summed E-state index contributed by atoms with van der Waals surface area (Å²) >= 11 is 0. The van der Waals surface area contributed by atoms with E-state index < -0.39 is 0 Å². The van der Waals surface area contributed by atoms with Crippen molar-refractivity contribution in [2.24, 2.45) is 5.92 Å². The van der Waals surface area contributed by atoms with E-state index in [1.54, 1.807) is 6.07 Å². The molecule has 148 valence electrons. The van der Waals surface area contributed by atoms with Gasteiger partial charge in [-0.3, -0.25) is 4.90 Å². The first-order chi connectivity index (χ1) is 13.6. The van der Waals surface area contributed by atoms with Gasteiger partial charge in [-0.2, -0.15) is 0 Å². The molecule has 0 radical (unpaired) electrons. The van der Waals surface area contributed by atoms with Crippen LogP contribution in [0.15, 0.2) is 61.0 Å². The molecule has 28 heavy (non-hydrogen) atoms. The summed E-state index contributed by atoms with van der Waals surface area (Å²) in [5.41, 5.74) is 2.77. The number of rotatable bonds is 7. The van der Waals surface area contributed by atoms with E-state index in [2.05, 4.69) is 18.4 Å². The Morgan fingerprint density at radius 2 is 1.93 bits per heavy atom. The van der Waals surface area contributed by atoms with Crippen LogP contribution in [0, 0.1) is 11.7 Å². The standard InChI is InChI=1S/C24H29FN2O/c1-3-19-9-10-23(25)21(15-19)16-27(22-7-5-4-6-8-22)18(2)28-24-17-26-13-11-20(24)12-14-26/h4-10,15,20,24H,2-3,11-14,16-17H2,1H3. The number of benzene rings is 2. The van der Waals surface area contributed by atoms with Crippen LogP contribution in [0.3, 0.4) is 0 Å². The first-order valence-corrected chi connectivity index (χ1v) is 10.3. The highest BCUT2D eigenvalue weighted by molar-refractivity contribution is 5.51. The molecule has 0 amide bonds. The van der Waals surface area contributed by atoms with Crippen LogP contribution in [-0.2, 0) is 17.7 Å². The predicted molar refractivity (Wildman–Crippen MR) is 112 cm³/mol. The molecule has 2 bridgehead atoms. The molecule has 3 aliphatic rings. The van der Waals surface area contributed by atoms with Gasteiger partial charge in [0.2, 0.25) is 0 Å². The van der Waals surface area contributed by atoms with Crippen molar-refractivity contribution < 1.29 is 9.13 Å². The van der Waals surface area contributed by atoms with Gasteiger partial charge in [0.25, 0.3) is 0 Å². The molecule has 0 N–H and O–H groups in total. The zero-order valence-electron chi connectivity index (χ0n) is 16.6. The van der Waals surface area contributed by atoms with E-state index in [0.717, 1.165) is 24.2 Å². The van der Waals surface area contributed by atoms with Crippen LogP contribution in [-0.4, -0.2) is 30.6 Å². The average molecular weight is 381 g/mol. The number of aryl methyl sites for hydroxylation is 1. The van der Waals surface area contributed by atoms with Crippen LogP contribution >= 0.6 is 0 Å². The van der Waals surface area contributed by atoms with Gasteiger partial charge in [-0.15, -0.1) is 0 Å². The SMILES string of the molecule is C=C(OC1CN2CCC1CC2)N(Cc1cc(CC)ccc1F)c1ccccc1. The molecule has 2 aromatic carbocycles. The van der Waals surface area contributed by atoms with E-state index in [1.165, 1.54) is 25.9 Å². The van der Waals surface area contributed by atoms with Gasteiger partial charge >= 0.3 is 0 Å². The lowest BCUT2D eigenvalue weighted by Crippen LogP contribution is -2.51. The van der Waals surface area contributed by atoms with Crippen molar-refractivity contribution in [1.29, 1.82) is 0 Å². The highest BCUT2D eigenvalue weighted by Gasteiger charge is 2.36. The van der Waals surface area contributed by atoms with Crippen LogP contribution in [0.4, 0.5) is 10.1 Å². The van der Waals surface area contributed by atoms with E-state index in [1.807, 2.05) is 47.4 Å². The summed E-state index contributed by atoms with van der Waals surface area (Å²) < 4.78 is 20.9. The van der Waals surface area contributed by atoms with E-state index in [4.69, 9.17) is 4.74 Å². The topological polar surface area (TPSA) is 15.7 Å². The number of fused-ring (bicyclic) bond motifs is 3. The second-order valence-corrected chi connectivity index (χ2v) is 7.89. The summed E-state index contributed by atoms with van der Waals surface area (Å²) in [4.78, 5) is 4.46. The fourth-order valence-electron chi connectivity index (χ4n) is 4.35. The molecule has 0 aliphatic carbocycles. The van der Waals surface area contributed by atoms with E-state index in [-0.39, 0.29) is 11.9 Å². The minimum absolute atomic E-state index is 0.174. The van der Waals surface area contributed by atoms with E-state index in [9.17, 15) is 4.39 Å². The third-order valence-electron chi connectivity index (χ3n) is 6.10. The molecular formula is C24H29FN2O. The number of anilines is 1. The molecule has 2 aromatic rings. The third kappa shape index (κ3) is 4.07. The molecule has 3 saturated heterocycles. The maximum atomic E-state index is 14.5. The van der Waals surface area contributed by atoms with Crippen LogP contribution in [0.5, 0.6) is 0 Å². The van der Waals surface area contributed by atoms with Crippen LogP contribution < -0.4 is 4.90 Å². The second-order valence-electron chi connectivity index (χ2n) is 7.89. The summed E-state index contributed by atoms with van der Waals surface area (Å²) in [5.74, 6) is 1.01. The summed E-state index contributed by atoms with van der Waals surface area (Å²) in [6.45, 7) is 10.0. The quantitative estimate of drug-likeness (QED) is 0.630. The molecule has 1 atom stereocenters. The lowest BCUT2D eigenvalue weighted by Gasteiger charge is -2.45. The lowest BCUT2D eigenvalue weighted by atomic mass is 9.86. The zero-order chi connectivity index (χ0) is 19.5. The average Bonchev–Trinajstić information content (AvgIpc) is 2.74. The maximum Gasteiger partial charge on any atom is 0.186 e. The Bertz CT molecular complexity index is 815. The molecule has 3 aliphatic heterocycles. The molecule has 0 spiro atoms. The molecule has 3 fully saturated rings. The lowest BCUT2D eigenvalue weighted by molar-refractivity contribution is -0.0429. The molecular weight excluding hydrogens is 351 g/mol. The highest BCUT2D eigenvalue weighted by atomic mass is 19.1. The summed E-state index contributed by atoms with van der Waals surface area (Å²) in [7, 11) is 0. The number of piperidine rings is 3. The molecule has 3 nitrogen and oxygen atoms in total. The van der Waals surface area contributed by atoms with Gasteiger partial charge in [0.1, 0.15) is 11.9 Å². The third-order valence-corrected chi connectivity index (χ3v) is 6.10. The number of hydrogen-bond acceptors (Lipinski definition) is 3. The smallest absolute Gasteiger partial charge is 0.186 e. The van der Waals surface area contributed by atoms with Gasteiger partial charge in [-0.05, 0) is 68.6 Å². The van der Waals surface area contributed by atoms with Crippen molar-refractivity contribution in [3.63, 3.8) is 0 Å². The summed E-state index contributed by atoms with van der Waals surface area (Å²) in [6, 6.07) is 15.4. The molecule has 3 heterocycles. The van der Waals surface area contributed by atoms with Crippen molar-refractivity contribution in [3.8, 4) is 0 Å². The Morgan fingerprint density at radius 1 is 1.18 bits per heavy atom. The normalized spacial score (nSPS) is 23.4. The fraction of sp³-hybridized carbons (Fsp3) is 0.417. The molecule has 0 saturated carbocycles. The number of halogens is 1. The van der Waals surface area contributed by atoms with Crippen molar-refractivity contribution in [2.45, 2.75) is 38.8 Å². The van der Waals surface area contributed by atoms with Gasteiger partial charge in [-0.25, -0.2) is 4.39 Å². The predicted octanol–water partition coefficient (Wildman–Crippen LogP) is 4.98. The number of ether oxygens (including phenoxy) is 1. The first kappa shape index (κ1) is 19.0. The van der Waals surface area contributed by atoms with Gasteiger partial charge < -0.3 is 9.64 Å². The molecule has 4 heteroatoms. The summed E-state index contributed by atoms with van der Waals surface area (Å²) in [6.07, 6.45) is 3.44. The Morgan fingerprint density at radius 3 is 2.57 bits per heavy atom. The Hall–Kier alpha value is -2.33. The minimum atomic E-state index is -0.186. The Labute approximate surface area is 167 Å². The van der Waals surface area contributed by atoms with Gasteiger partial charge in [0.15, 0.2) is 5.88 Å². The first-order valence-electron chi connectivity index (χ1n) is 10.3. The van der Waals surface area contributed by atoms with Gasteiger partial charge in [0.05, 0.1) is 6.54 Å². The van der Waals surface area contributed by atoms with Crippen molar-refractivity contribution in [3.05, 3.63) is 77.9 Å². The van der Waals surface area contributed by atoms with Crippen molar-refractivity contribution in [1.82, 2.24) is 4.90 Å². The molecule has 1 unspecified atom stereocenters. The van der Waals surface area contributed by atoms with Crippen molar-refractivity contribution in [2.75, 3.05) is 24.5 Å². The molecule has 0 aromatic heterocycles. The maximum absolute atomic E-state index is 14.5. The minimum Gasteiger partial charge on any atom is -0.474 e. The highest BCUT2D eigenvalue weighted by Crippen LogP contribution is 2.32. The van der Waals surface area contributed by atoms with Gasteiger partial charge in [0, 0.05) is 17.8 Å². The van der Waals surface area contributed by atoms with Gasteiger partial charge in [-0.1, -0.05) is 37.3 Å². The monoisotopic (exact) mass is 380 g/mol. The van der Waals surface area contributed by atoms with Crippen LogP contribution in [0.25, 0.3) is 0 Å². The zero-order valence-corrected chi connectivity index (χ0v) is 16.6. The van der Waals surface area contributed by atoms with Crippen LogP contribution in [0.1, 0.15) is 30.9 Å². The Kier molecular flexibility index (Phi) is 5.67. The second kappa shape index (κ2) is 8.36. The van der Waals surface area contributed by atoms with E-state index in [0.29, 0.717) is 23.9 Å². The molecule has 5 rings (SSSR count). The Balaban J connectivity index is 1.56. The number of hydrogen-bond donors (Lipinski definition) is 0. The van der Waals surface area contributed by atoms with Crippen LogP contribution in [0.2, 0.25) is 0 Å². The van der Waals surface area contributed by atoms with E-state index >= 15 is 0 Å². The summed E-state index contributed by atoms with van der Waals surface area (Å²) in [5, 5.41) is 0. The largest absolute Gasteiger partial charge is 0.474 e. The number of para-hydroxylation sites is 1.